The Bertz CT molecular complexity index is 307. The molecule has 26 heavy (non-hydrogen) atoms. The minimum Gasteiger partial charge on any atom is -0.414 e. The Balaban J connectivity index is 1.76. The summed E-state index contributed by atoms with van der Waals surface area (Å²) in [5.74, 6) is 0. The standard InChI is InChI=1S/C24H50OSi/c1-4-5-6-7-8-9-10-11-12-13-14-15-16-17-18-19-22-26(3)23-20-21-24(2)25-26/h24H,4-23H2,1-3H3. The van der Waals surface area contributed by atoms with Crippen molar-refractivity contribution in [2.45, 2.75) is 154 Å². The van der Waals surface area contributed by atoms with Crippen molar-refractivity contribution in [2.24, 2.45) is 0 Å². The van der Waals surface area contributed by atoms with Crippen LogP contribution < -0.4 is 0 Å². The van der Waals surface area contributed by atoms with Gasteiger partial charge in [0.15, 0.2) is 8.32 Å². The molecule has 1 aliphatic rings. The predicted molar refractivity (Wildman–Crippen MR) is 121 cm³/mol. The molecule has 0 aromatic heterocycles. The average Bonchev–Trinajstić information content (AvgIpc) is 2.61. The Morgan fingerprint density at radius 1 is 0.692 bits per heavy atom. The molecule has 0 aliphatic carbocycles. The van der Waals surface area contributed by atoms with Crippen molar-refractivity contribution >= 4 is 8.32 Å². The highest BCUT2D eigenvalue weighted by Gasteiger charge is 2.33. The van der Waals surface area contributed by atoms with Crippen molar-refractivity contribution in [3.05, 3.63) is 0 Å². The minimum atomic E-state index is -1.31. The van der Waals surface area contributed by atoms with Gasteiger partial charge in [-0.1, -0.05) is 116 Å². The molecular weight excluding hydrogens is 332 g/mol. The normalized spacial score (nSPS) is 23.4. The molecule has 1 nitrogen and oxygen atoms in total. The zero-order chi connectivity index (χ0) is 18.9. The van der Waals surface area contributed by atoms with Gasteiger partial charge < -0.3 is 4.43 Å². The molecule has 0 bridgehead atoms. The van der Waals surface area contributed by atoms with E-state index in [1.54, 1.807) is 0 Å². The maximum atomic E-state index is 6.34. The van der Waals surface area contributed by atoms with Crippen LogP contribution in [0.4, 0.5) is 0 Å². The molecule has 1 aliphatic heterocycles. The van der Waals surface area contributed by atoms with Gasteiger partial charge in [-0.15, -0.1) is 0 Å². The highest BCUT2D eigenvalue weighted by molar-refractivity contribution is 6.72. The summed E-state index contributed by atoms with van der Waals surface area (Å²) in [7, 11) is -1.31. The Morgan fingerprint density at radius 2 is 1.12 bits per heavy atom. The highest BCUT2D eigenvalue weighted by Crippen LogP contribution is 2.30. The lowest BCUT2D eigenvalue weighted by molar-refractivity contribution is 0.175. The van der Waals surface area contributed by atoms with Crippen LogP contribution >= 0.6 is 0 Å². The molecular formula is C24H50OSi. The van der Waals surface area contributed by atoms with Crippen molar-refractivity contribution in [1.29, 1.82) is 0 Å². The molecule has 1 saturated heterocycles. The first-order chi connectivity index (χ1) is 12.7. The first kappa shape index (κ1) is 24.2. The second-order valence-electron chi connectivity index (χ2n) is 9.32. The molecule has 0 spiro atoms. The van der Waals surface area contributed by atoms with E-state index in [1.165, 1.54) is 128 Å². The van der Waals surface area contributed by atoms with Crippen molar-refractivity contribution in [3.8, 4) is 0 Å². The largest absolute Gasteiger partial charge is 0.414 e. The van der Waals surface area contributed by atoms with E-state index in [0.717, 1.165) is 0 Å². The third kappa shape index (κ3) is 13.4. The lowest BCUT2D eigenvalue weighted by Gasteiger charge is -2.35. The molecule has 1 fully saturated rings. The maximum absolute atomic E-state index is 6.34. The predicted octanol–water partition coefficient (Wildman–Crippen LogP) is 9.02. The van der Waals surface area contributed by atoms with E-state index in [0.29, 0.717) is 6.10 Å². The van der Waals surface area contributed by atoms with E-state index in [1.807, 2.05) is 0 Å². The van der Waals surface area contributed by atoms with E-state index in [2.05, 4.69) is 20.4 Å². The van der Waals surface area contributed by atoms with Crippen LogP contribution in [0.1, 0.15) is 129 Å². The van der Waals surface area contributed by atoms with Crippen molar-refractivity contribution in [1.82, 2.24) is 0 Å². The topological polar surface area (TPSA) is 9.23 Å². The Labute approximate surface area is 167 Å². The zero-order valence-corrected chi connectivity index (χ0v) is 19.6. The quantitative estimate of drug-likeness (QED) is 0.180. The summed E-state index contributed by atoms with van der Waals surface area (Å²) in [5.41, 5.74) is 0. The smallest absolute Gasteiger partial charge is 0.190 e. The van der Waals surface area contributed by atoms with Gasteiger partial charge in [0.1, 0.15) is 0 Å². The monoisotopic (exact) mass is 382 g/mol. The first-order valence-corrected chi connectivity index (χ1v) is 15.2. The van der Waals surface area contributed by atoms with Crippen LogP contribution in [-0.4, -0.2) is 14.4 Å². The van der Waals surface area contributed by atoms with Crippen LogP contribution in [0.3, 0.4) is 0 Å². The van der Waals surface area contributed by atoms with Crippen LogP contribution in [0.5, 0.6) is 0 Å². The second kappa shape index (κ2) is 16.2. The Morgan fingerprint density at radius 3 is 1.54 bits per heavy atom. The molecule has 2 unspecified atom stereocenters. The molecule has 0 N–H and O–H groups in total. The Kier molecular flexibility index (Phi) is 15.1. The molecule has 0 radical (unpaired) electrons. The van der Waals surface area contributed by atoms with Crippen molar-refractivity contribution in [3.63, 3.8) is 0 Å². The summed E-state index contributed by atoms with van der Waals surface area (Å²) >= 11 is 0. The number of hydrogen-bond donors (Lipinski definition) is 0. The van der Waals surface area contributed by atoms with Gasteiger partial charge in [-0.3, -0.25) is 0 Å². The third-order valence-corrected chi connectivity index (χ3v) is 10.2. The lowest BCUT2D eigenvalue weighted by atomic mass is 10.0. The fourth-order valence-electron chi connectivity index (χ4n) is 4.60. The molecule has 0 amide bonds. The first-order valence-electron chi connectivity index (χ1n) is 12.3. The van der Waals surface area contributed by atoms with E-state index < -0.39 is 8.32 Å². The summed E-state index contributed by atoms with van der Waals surface area (Å²) in [6.07, 6.45) is 26.6. The molecule has 0 aromatic carbocycles. The van der Waals surface area contributed by atoms with Crippen LogP contribution in [-0.2, 0) is 4.43 Å². The summed E-state index contributed by atoms with van der Waals surface area (Å²) < 4.78 is 6.34. The molecule has 156 valence electrons. The summed E-state index contributed by atoms with van der Waals surface area (Å²) in [4.78, 5) is 0. The van der Waals surface area contributed by atoms with Gasteiger partial charge in [0, 0.05) is 6.10 Å². The van der Waals surface area contributed by atoms with Crippen LogP contribution in [0, 0.1) is 0 Å². The molecule has 1 rings (SSSR count). The van der Waals surface area contributed by atoms with Crippen LogP contribution in [0.25, 0.3) is 0 Å². The van der Waals surface area contributed by atoms with Crippen molar-refractivity contribution in [2.75, 3.05) is 0 Å². The van der Waals surface area contributed by atoms with E-state index >= 15 is 0 Å². The SMILES string of the molecule is CCCCCCCCCCCCCCCCCC[Si]1(C)CCCC(C)O1. The maximum Gasteiger partial charge on any atom is 0.190 e. The van der Waals surface area contributed by atoms with Crippen molar-refractivity contribution < 1.29 is 4.43 Å². The molecule has 0 saturated carbocycles. The number of hydrogen-bond acceptors (Lipinski definition) is 1. The van der Waals surface area contributed by atoms with Gasteiger partial charge in [0.25, 0.3) is 0 Å². The number of unbranched alkanes of at least 4 members (excludes halogenated alkanes) is 15. The molecule has 0 aromatic rings. The average molecular weight is 383 g/mol. The summed E-state index contributed by atoms with van der Waals surface area (Å²) in [5, 5.41) is 0. The van der Waals surface area contributed by atoms with Gasteiger partial charge in [-0.05, 0) is 32.0 Å². The Hall–Kier alpha value is 0.177. The van der Waals surface area contributed by atoms with Gasteiger partial charge in [0.05, 0.1) is 0 Å². The highest BCUT2D eigenvalue weighted by atomic mass is 28.4. The van der Waals surface area contributed by atoms with Crippen LogP contribution in [0.15, 0.2) is 0 Å². The van der Waals surface area contributed by atoms with Gasteiger partial charge in [-0.25, -0.2) is 0 Å². The fourth-order valence-corrected chi connectivity index (χ4v) is 8.12. The molecule has 2 atom stereocenters. The summed E-state index contributed by atoms with van der Waals surface area (Å²) in [6, 6.07) is 2.83. The van der Waals surface area contributed by atoms with Gasteiger partial charge in [-0.2, -0.15) is 0 Å². The number of rotatable bonds is 17. The minimum absolute atomic E-state index is 0.543. The zero-order valence-electron chi connectivity index (χ0n) is 18.6. The fraction of sp³-hybridized carbons (Fsp3) is 1.00. The van der Waals surface area contributed by atoms with Gasteiger partial charge in [0.2, 0.25) is 0 Å². The van der Waals surface area contributed by atoms with E-state index in [-0.39, 0.29) is 0 Å². The summed E-state index contributed by atoms with van der Waals surface area (Å²) in [6.45, 7) is 7.06. The third-order valence-electron chi connectivity index (χ3n) is 6.36. The molecule has 1 heterocycles. The van der Waals surface area contributed by atoms with Gasteiger partial charge >= 0.3 is 0 Å². The van der Waals surface area contributed by atoms with E-state index in [4.69, 9.17) is 4.43 Å². The second-order valence-corrected chi connectivity index (χ2v) is 13.5. The molecule has 2 heteroatoms. The lowest BCUT2D eigenvalue weighted by Crippen LogP contribution is -2.41. The van der Waals surface area contributed by atoms with Crippen LogP contribution in [0.2, 0.25) is 18.6 Å². The van der Waals surface area contributed by atoms with E-state index in [9.17, 15) is 0 Å².